The molecule has 0 atom stereocenters. The van der Waals surface area contributed by atoms with Crippen molar-refractivity contribution in [2.75, 3.05) is 0 Å². The van der Waals surface area contributed by atoms with Gasteiger partial charge in [-0.3, -0.25) is 4.79 Å². The van der Waals surface area contributed by atoms with Crippen molar-refractivity contribution in [3.63, 3.8) is 0 Å². The van der Waals surface area contributed by atoms with Crippen molar-refractivity contribution in [3.05, 3.63) is 96.1 Å². The lowest BCUT2D eigenvalue weighted by Crippen LogP contribution is -2.25. The molecule has 1 N–H and O–H groups in total. The molecule has 2 aromatic heterocycles. The number of tetrazole rings is 1. The maximum absolute atomic E-state index is 13.0. The first-order valence-corrected chi connectivity index (χ1v) is 11.4. The van der Waals surface area contributed by atoms with Gasteiger partial charge in [0.1, 0.15) is 5.82 Å². The lowest BCUT2D eigenvalue weighted by molar-refractivity contribution is 0.0946. The van der Waals surface area contributed by atoms with Crippen LogP contribution in [-0.4, -0.2) is 35.7 Å². The number of carbonyl (C=O) groups is 1. The number of aromatic nitrogens is 6. The summed E-state index contributed by atoms with van der Waals surface area (Å²) in [7, 11) is 1.96. The molecule has 1 amide bonds. The van der Waals surface area contributed by atoms with Crippen LogP contribution in [0.5, 0.6) is 0 Å². The monoisotopic (exact) mass is 455 g/mol. The van der Waals surface area contributed by atoms with Gasteiger partial charge >= 0.3 is 0 Å². The SMILES string of the molecule is Cn1c(CNC(=O)c2ccccc2SCc2nnnn2-c2ccccc2)nc2ccccc21. The van der Waals surface area contributed by atoms with Gasteiger partial charge in [-0.05, 0) is 46.8 Å². The summed E-state index contributed by atoms with van der Waals surface area (Å²) in [4.78, 5) is 18.5. The van der Waals surface area contributed by atoms with E-state index in [-0.39, 0.29) is 5.91 Å². The van der Waals surface area contributed by atoms with Crippen LogP contribution in [0, 0.1) is 0 Å². The Hall–Kier alpha value is -3.98. The second kappa shape index (κ2) is 9.25. The van der Waals surface area contributed by atoms with Gasteiger partial charge in [0.15, 0.2) is 5.82 Å². The van der Waals surface area contributed by atoms with Crippen LogP contribution in [0.1, 0.15) is 22.0 Å². The number of rotatable bonds is 7. The van der Waals surface area contributed by atoms with E-state index in [9.17, 15) is 4.79 Å². The number of hydrogen-bond donors (Lipinski definition) is 1. The van der Waals surface area contributed by atoms with Crippen LogP contribution in [0.25, 0.3) is 16.7 Å². The Morgan fingerprint density at radius 1 is 0.939 bits per heavy atom. The molecule has 0 saturated carbocycles. The number of para-hydroxylation sites is 3. The van der Waals surface area contributed by atoms with Gasteiger partial charge in [-0.15, -0.1) is 16.9 Å². The van der Waals surface area contributed by atoms with E-state index in [1.54, 1.807) is 4.68 Å². The van der Waals surface area contributed by atoms with E-state index in [1.165, 1.54) is 11.8 Å². The largest absolute Gasteiger partial charge is 0.345 e. The van der Waals surface area contributed by atoms with Crippen molar-refractivity contribution in [1.82, 2.24) is 35.1 Å². The van der Waals surface area contributed by atoms with Crippen molar-refractivity contribution in [1.29, 1.82) is 0 Å². The molecule has 0 radical (unpaired) electrons. The molecule has 0 saturated heterocycles. The van der Waals surface area contributed by atoms with Gasteiger partial charge in [-0.2, -0.15) is 4.68 Å². The number of imidazole rings is 1. The van der Waals surface area contributed by atoms with Gasteiger partial charge in [-0.25, -0.2) is 4.98 Å². The van der Waals surface area contributed by atoms with E-state index in [4.69, 9.17) is 0 Å². The molecule has 8 nitrogen and oxygen atoms in total. The number of aryl methyl sites for hydroxylation is 1. The Bertz CT molecular complexity index is 1410. The smallest absolute Gasteiger partial charge is 0.252 e. The molecular formula is C24H21N7OS. The third-order valence-corrected chi connectivity index (χ3v) is 6.38. The minimum atomic E-state index is -0.146. The molecule has 0 aliphatic carbocycles. The highest BCUT2D eigenvalue weighted by Gasteiger charge is 2.15. The molecule has 0 fully saturated rings. The number of thioether (sulfide) groups is 1. The Balaban J connectivity index is 1.29. The Labute approximate surface area is 194 Å². The second-order valence-electron chi connectivity index (χ2n) is 7.39. The topological polar surface area (TPSA) is 90.5 Å². The summed E-state index contributed by atoms with van der Waals surface area (Å²) in [6.45, 7) is 0.343. The maximum Gasteiger partial charge on any atom is 0.252 e. The number of nitrogens with zero attached hydrogens (tertiary/aromatic N) is 6. The number of nitrogens with one attached hydrogen (secondary N) is 1. The van der Waals surface area contributed by atoms with Crippen LogP contribution < -0.4 is 5.32 Å². The van der Waals surface area contributed by atoms with Gasteiger partial charge in [0.25, 0.3) is 5.91 Å². The molecule has 5 aromatic rings. The third kappa shape index (κ3) is 4.35. The van der Waals surface area contributed by atoms with E-state index in [0.29, 0.717) is 23.7 Å². The van der Waals surface area contributed by atoms with Gasteiger partial charge in [0, 0.05) is 11.9 Å². The molecule has 0 bridgehead atoms. The number of amides is 1. The summed E-state index contributed by atoms with van der Waals surface area (Å²) < 4.78 is 3.71. The van der Waals surface area contributed by atoms with Gasteiger partial charge < -0.3 is 9.88 Å². The maximum atomic E-state index is 13.0. The fourth-order valence-corrected chi connectivity index (χ4v) is 4.55. The van der Waals surface area contributed by atoms with E-state index >= 15 is 0 Å². The van der Waals surface area contributed by atoms with Crippen molar-refractivity contribution in [2.24, 2.45) is 7.05 Å². The summed E-state index contributed by atoms with van der Waals surface area (Å²) >= 11 is 1.53. The highest BCUT2D eigenvalue weighted by molar-refractivity contribution is 7.98. The van der Waals surface area contributed by atoms with Crippen molar-refractivity contribution in [2.45, 2.75) is 17.2 Å². The van der Waals surface area contributed by atoms with E-state index < -0.39 is 0 Å². The molecule has 0 aliphatic heterocycles. The van der Waals surface area contributed by atoms with E-state index in [0.717, 1.165) is 27.4 Å². The first kappa shape index (κ1) is 20.9. The second-order valence-corrected chi connectivity index (χ2v) is 8.40. The highest BCUT2D eigenvalue weighted by Crippen LogP contribution is 2.26. The van der Waals surface area contributed by atoms with Gasteiger partial charge in [0.05, 0.1) is 34.6 Å². The van der Waals surface area contributed by atoms with E-state index in [1.807, 2.05) is 90.5 Å². The predicted octanol–water partition coefficient (Wildman–Crippen LogP) is 3.77. The Morgan fingerprint density at radius 2 is 1.70 bits per heavy atom. The predicted molar refractivity (Wildman–Crippen MR) is 127 cm³/mol. The Morgan fingerprint density at radius 3 is 2.55 bits per heavy atom. The zero-order valence-corrected chi connectivity index (χ0v) is 18.7. The zero-order chi connectivity index (χ0) is 22.6. The van der Waals surface area contributed by atoms with Crippen LogP contribution in [0.3, 0.4) is 0 Å². The molecule has 3 aromatic carbocycles. The minimum Gasteiger partial charge on any atom is -0.345 e. The summed E-state index contributed by atoms with van der Waals surface area (Å²) in [5, 5.41) is 15.1. The molecule has 9 heteroatoms. The number of fused-ring (bicyclic) bond motifs is 1. The molecule has 33 heavy (non-hydrogen) atoms. The summed E-state index contributed by atoms with van der Waals surface area (Å²) in [5.74, 6) is 1.89. The highest BCUT2D eigenvalue weighted by atomic mass is 32.2. The standard InChI is InChI=1S/C24H21N7OS/c1-30-20-13-7-6-12-19(20)26-22(30)15-25-24(32)18-11-5-8-14-21(18)33-16-23-27-28-29-31(23)17-9-3-2-4-10-17/h2-14H,15-16H2,1H3,(H,25,32). The van der Waals surface area contributed by atoms with Crippen LogP contribution >= 0.6 is 11.8 Å². The number of benzene rings is 3. The first-order valence-electron chi connectivity index (χ1n) is 10.4. The summed E-state index contributed by atoms with van der Waals surface area (Å²) in [5.41, 5.74) is 3.46. The molecule has 0 spiro atoms. The van der Waals surface area contributed by atoms with Crippen LogP contribution in [0.2, 0.25) is 0 Å². The zero-order valence-electron chi connectivity index (χ0n) is 17.9. The number of hydrogen-bond acceptors (Lipinski definition) is 6. The van der Waals surface area contributed by atoms with Crippen molar-refractivity contribution < 1.29 is 4.79 Å². The van der Waals surface area contributed by atoms with Crippen LogP contribution in [0.4, 0.5) is 0 Å². The quantitative estimate of drug-likeness (QED) is 0.376. The van der Waals surface area contributed by atoms with E-state index in [2.05, 4.69) is 25.8 Å². The lowest BCUT2D eigenvalue weighted by Gasteiger charge is -2.10. The third-order valence-electron chi connectivity index (χ3n) is 5.31. The van der Waals surface area contributed by atoms with Crippen molar-refractivity contribution >= 4 is 28.7 Å². The molecular weight excluding hydrogens is 434 g/mol. The molecule has 164 valence electrons. The van der Waals surface area contributed by atoms with Crippen molar-refractivity contribution in [3.8, 4) is 5.69 Å². The normalized spacial score (nSPS) is 11.1. The molecule has 5 rings (SSSR count). The molecule has 2 heterocycles. The molecule has 0 unspecified atom stereocenters. The average molecular weight is 456 g/mol. The van der Waals surface area contributed by atoms with Gasteiger partial charge in [0.2, 0.25) is 0 Å². The van der Waals surface area contributed by atoms with Crippen LogP contribution in [0.15, 0.2) is 83.8 Å². The average Bonchev–Trinajstić information content (AvgIpc) is 3.46. The number of carbonyl (C=O) groups excluding carboxylic acids is 1. The summed E-state index contributed by atoms with van der Waals surface area (Å²) in [6, 6.07) is 25.2. The summed E-state index contributed by atoms with van der Waals surface area (Å²) in [6.07, 6.45) is 0. The van der Waals surface area contributed by atoms with Crippen LogP contribution in [-0.2, 0) is 19.3 Å². The lowest BCUT2D eigenvalue weighted by atomic mass is 10.2. The van der Waals surface area contributed by atoms with Gasteiger partial charge in [-0.1, -0.05) is 42.5 Å². The first-order chi connectivity index (χ1) is 16.2. The Kier molecular flexibility index (Phi) is 5.86. The minimum absolute atomic E-state index is 0.146. The fraction of sp³-hybridized carbons (Fsp3) is 0.125. The fourth-order valence-electron chi connectivity index (χ4n) is 3.60. The molecule has 0 aliphatic rings.